The number of hydrogen-bond donors (Lipinski definition) is 1. The maximum absolute atomic E-state index is 12.8. The van der Waals surface area contributed by atoms with E-state index in [9.17, 15) is 24.3 Å². The zero-order valence-electron chi connectivity index (χ0n) is 36.0. The first kappa shape index (κ1) is 47.2. The molecule has 318 valence electrons. The number of methoxy groups -OCH3 is 1. The number of aliphatic hydroxyl groups is 1. The molecule has 0 aromatic rings. The van der Waals surface area contributed by atoms with Crippen LogP contribution in [0.2, 0.25) is 0 Å². The van der Waals surface area contributed by atoms with Gasteiger partial charge in [-0.25, -0.2) is 0 Å². The van der Waals surface area contributed by atoms with Crippen LogP contribution in [0, 0.1) is 35.5 Å². The SMILES string of the molecule is CO[C@@H]1[C@@H](CC2CCCC2)CCCC[C@H](CC(=O)OC(C)(C)C)C(=O)O[C@H]1C.C[C@@H]1OC(=O)[C@@H](CC(=O)OC(C)(C)C)CCCC[C@H](CC2CCCC2)[C@H]1O. The molecule has 0 spiro atoms. The maximum Gasteiger partial charge on any atom is 0.309 e. The molecular formula is C45H78O10. The maximum atomic E-state index is 12.8. The number of hydrogen-bond acceptors (Lipinski definition) is 10. The van der Waals surface area contributed by atoms with Crippen LogP contribution in [0.5, 0.6) is 0 Å². The summed E-state index contributed by atoms with van der Waals surface area (Å²) in [4.78, 5) is 49.7. The molecule has 10 nitrogen and oxygen atoms in total. The van der Waals surface area contributed by atoms with Crippen LogP contribution < -0.4 is 0 Å². The standard InChI is InChI=1S/C23H40O5.C22H38O5/c1-16-21(26-5)18(14-17-10-6-7-11-17)12-8-9-13-19(22(25)27-16)15-20(24)28-23(2,3)4;1-15-20(24)17(13-16-9-5-6-10-16)11-7-8-12-18(21(25)26-15)14-19(23)27-22(2,3)4/h16-19,21H,6-15H2,1-5H3;15-18,20,24H,5-14H2,1-4H3/t16-,18+,19+,21-;15-,17+,18+,20-/m00/s1. The topological polar surface area (TPSA) is 135 Å². The lowest BCUT2D eigenvalue weighted by Crippen LogP contribution is -2.40. The van der Waals surface area contributed by atoms with Gasteiger partial charge in [0.1, 0.15) is 23.4 Å². The molecule has 8 atom stereocenters. The Morgan fingerprint density at radius 1 is 0.600 bits per heavy atom. The highest BCUT2D eigenvalue weighted by Crippen LogP contribution is 2.37. The third kappa shape index (κ3) is 17.5. The van der Waals surface area contributed by atoms with Crippen molar-refractivity contribution in [1.82, 2.24) is 0 Å². The summed E-state index contributed by atoms with van der Waals surface area (Å²) in [6, 6.07) is 0. The van der Waals surface area contributed by atoms with E-state index in [1.54, 1.807) is 14.0 Å². The Morgan fingerprint density at radius 2 is 0.964 bits per heavy atom. The third-order valence-electron chi connectivity index (χ3n) is 12.1. The second kappa shape index (κ2) is 22.7. The fourth-order valence-corrected chi connectivity index (χ4v) is 9.41. The molecule has 2 saturated carbocycles. The van der Waals surface area contributed by atoms with Crippen LogP contribution >= 0.6 is 0 Å². The van der Waals surface area contributed by atoms with Crippen LogP contribution in [0.25, 0.3) is 0 Å². The Balaban J connectivity index is 0.000000296. The van der Waals surface area contributed by atoms with E-state index in [1.807, 2.05) is 48.5 Å². The third-order valence-corrected chi connectivity index (χ3v) is 12.1. The van der Waals surface area contributed by atoms with Crippen LogP contribution in [0.3, 0.4) is 0 Å². The molecular weight excluding hydrogens is 700 g/mol. The van der Waals surface area contributed by atoms with E-state index >= 15 is 0 Å². The van der Waals surface area contributed by atoms with Gasteiger partial charge in [-0.2, -0.15) is 0 Å². The van der Waals surface area contributed by atoms with Crippen molar-refractivity contribution < 1.29 is 48.0 Å². The van der Waals surface area contributed by atoms with Gasteiger partial charge in [0.15, 0.2) is 0 Å². The minimum Gasteiger partial charge on any atom is -0.460 e. The number of esters is 4. The average Bonchev–Trinajstić information content (AvgIpc) is 3.79. The average molecular weight is 779 g/mol. The summed E-state index contributed by atoms with van der Waals surface area (Å²) in [7, 11) is 1.72. The first-order valence-electron chi connectivity index (χ1n) is 21.9. The molecule has 2 aliphatic carbocycles. The lowest BCUT2D eigenvalue weighted by atomic mass is 9.82. The Bertz CT molecular complexity index is 1180. The number of carbonyl (C=O) groups excluding carboxylic acids is 4. The molecule has 55 heavy (non-hydrogen) atoms. The second-order valence-corrected chi connectivity index (χ2v) is 19.3. The quantitative estimate of drug-likeness (QED) is 0.178. The number of ether oxygens (including phenoxy) is 5. The van der Waals surface area contributed by atoms with Gasteiger partial charge in [0, 0.05) is 7.11 Å². The summed E-state index contributed by atoms with van der Waals surface area (Å²) in [5.41, 5.74) is -1.10. The number of aliphatic hydroxyl groups excluding tert-OH is 1. The van der Waals surface area contributed by atoms with Crippen LogP contribution in [-0.4, -0.2) is 71.7 Å². The minimum absolute atomic E-state index is 0.0461. The molecule has 0 unspecified atom stereocenters. The number of rotatable bonds is 9. The Morgan fingerprint density at radius 3 is 1.38 bits per heavy atom. The van der Waals surface area contributed by atoms with E-state index in [4.69, 9.17) is 23.7 Å². The van der Waals surface area contributed by atoms with Crippen LogP contribution in [0.1, 0.15) is 184 Å². The normalized spacial score (nSPS) is 31.0. The Kier molecular flexibility index (Phi) is 19.4. The Hall–Kier alpha value is -2.20. The molecule has 10 heteroatoms. The highest BCUT2D eigenvalue weighted by molar-refractivity contribution is 5.81. The molecule has 4 aliphatic rings. The Labute approximate surface area is 333 Å². The zero-order chi connectivity index (χ0) is 40.8. The molecule has 0 bridgehead atoms. The van der Waals surface area contributed by atoms with Crippen LogP contribution in [0.4, 0.5) is 0 Å². The molecule has 0 aromatic heterocycles. The minimum atomic E-state index is -0.630. The molecule has 4 rings (SSSR count). The summed E-state index contributed by atoms with van der Waals surface area (Å²) in [5.74, 6) is -0.172. The number of cyclic esters (lactones) is 2. The smallest absolute Gasteiger partial charge is 0.309 e. The highest BCUT2D eigenvalue weighted by Gasteiger charge is 2.37. The van der Waals surface area contributed by atoms with E-state index in [-0.39, 0.29) is 54.8 Å². The fourth-order valence-electron chi connectivity index (χ4n) is 9.41. The van der Waals surface area contributed by atoms with Crippen LogP contribution in [-0.2, 0) is 42.9 Å². The van der Waals surface area contributed by atoms with Gasteiger partial charge in [-0.1, -0.05) is 77.0 Å². The van der Waals surface area contributed by atoms with E-state index in [0.717, 1.165) is 50.9 Å². The van der Waals surface area contributed by atoms with E-state index in [1.165, 1.54) is 57.8 Å². The van der Waals surface area contributed by atoms with Gasteiger partial charge in [-0.15, -0.1) is 0 Å². The van der Waals surface area contributed by atoms with Gasteiger partial charge in [0.05, 0.1) is 36.9 Å². The zero-order valence-corrected chi connectivity index (χ0v) is 36.0. The predicted molar refractivity (Wildman–Crippen MR) is 213 cm³/mol. The predicted octanol–water partition coefficient (Wildman–Crippen LogP) is 9.45. The van der Waals surface area contributed by atoms with Gasteiger partial charge in [-0.05, 0) is 118 Å². The van der Waals surface area contributed by atoms with Crippen LogP contribution in [0.15, 0.2) is 0 Å². The largest absolute Gasteiger partial charge is 0.460 e. The van der Waals surface area contributed by atoms with Crippen molar-refractivity contribution in [3.63, 3.8) is 0 Å². The molecule has 4 fully saturated rings. The van der Waals surface area contributed by atoms with Gasteiger partial charge in [0.25, 0.3) is 0 Å². The lowest BCUT2D eigenvalue weighted by Gasteiger charge is -2.34. The number of carbonyl (C=O) groups is 4. The monoisotopic (exact) mass is 779 g/mol. The van der Waals surface area contributed by atoms with Gasteiger partial charge < -0.3 is 28.8 Å². The van der Waals surface area contributed by atoms with Gasteiger partial charge >= 0.3 is 23.9 Å². The van der Waals surface area contributed by atoms with Crippen molar-refractivity contribution in [3.05, 3.63) is 0 Å². The van der Waals surface area contributed by atoms with Gasteiger partial charge in [0.2, 0.25) is 0 Å². The highest BCUT2D eigenvalue weighted by atomic mass is 16.6. The molecule has 2 heterocycles. The van der Waals surface area contributed by atoms with Crippen molar-refractivity contribution in [2.75, 3.05) is 7.11 Å². The van der Waals surface area contributed by atoms with Crippen molar-refractivity contribution in [2.45, 2.75) is 219 Å². The van der Waals surface area contributed by atoms with E-state index in [0.29, 0.717) is 24.7 Å². The summed E-state index contributed by atoms with van der Waals surface area (Å²) in [5, 5.41) is 10.8. The summed E-state index contributed by atoms with van der Waals surface area (Å²) >= 11 is 0. The molecule has 2 saturated heterocycles. The molecule has 0 amide bonds. The molecule has 1 N–H and O–H groups in total. The van der Waals surface area contributed by atoms with Crippen molar-refractivity contribution in [3.8, 4) is 0 Å². The van der Waals surface area contributed by atoms with E-state index < -0.39 is 35.2 Å². The molecule has 0 aromatic carbocycles. The van der Waals surface area contributed by atoms with Crippen molar-refractivity contribution >= 4 is 23.9 Å². The van der Waals surface area contributed by atoms with Crippen molar-refractivity contribution in [2.24, 2.45) is 35.5 Å². The van der Waals surface area contributed by atoms with Crippen molar-refractivity contribution in [1.29, 1.82) is 0 Å². The summed E-state index contributed by atoms with van der Waals surface area (Å²) in [6.45, 7) is 14.7. The lowest BCUT2D eigenvalue weighted by molar-refractivity contribution is -0.169. The molecule has 0 radical (unpaired) electrons. The van der Waals surface area contributed by atoms with Gasteiger partial charge in [-0.3, -0.25) is 19.2 Å². The van der Waals surface area contributed by atoms with E-state index in [2.05, 4.69) is 0 Å². The summed E-state index contributed by atoms with van der Waals surface area (Å²) in [6.07, 6.45) is 18.4. The molecule has 2 aliphatic heterocycles. The second-order valence-electron chi connectivity index (χ2n) is 19.3. The fraction of sp³-hybridized carbons (Fsp3) is 0.911. The first-order valence-corrected chi connectivity index (χ1v) is 21.9. The first-order chi connectivity index (χ1) is 25.8. The summed E-state index contributed by atoms with van der Waals surface area (Å²) < 4.78 is 28.0.